The van der Waals surface area contributed by atoms with Gasteiger partial charge in [0.15, 0.2) is 0 Å². The minimum atomic E-state index is 0.240. The van der Waals surface area contributed by atoms with Gasteiger partial charge >= 0.3 is 0 Å². The Kier molecular flexibility index (Phi) is 5.68. The Bertz CT molecular complexity index is 343. The van der Waals surface area contributed by atoms with Crippen molar-refractivity contribution in [2.45, 2.75) is 52.0 Å². The van der Waals surface area contributed by atoms with Gasteiger partial charge in [0, 0.05) is 22.5 Å². The van der Waals surface area contributed by atoms with Gasteiger partial charge < -0.3 is 5.32 Å². The smallest absolute Gasteiger partial charge is 0.0213 e. The molecule has 17 heavy (non-hydrogen) atoms. The van der Waals surface area contributed by atoms with Crippen LogP contribution in [0, 0.1) is 0 Å². The van der Waals surface area contributed by atoms with Crippen LogP contribution in [0.4, 0.5) is 0 Å². The molecule has 2 heteroatoms. The van der Waals surface area contributed by atoms with Crippen LogP contribution in [0.5, 0.6) is 0 Å². The number of hydrogen-bond donors (Lipinski definition) is 1. The summed E-state index contributed by atoms with van der Waals surface area (Å²) in [4.78, 5) is 0. The predicted octanol–water partition coefficient (Wildman–Crippen LogP) is 4.50. The zero-order valence-corrected chi connectivity index (χ0v) is 13.0. The minimum Gasteiger partial charge on any atom is -0.314 e. The molecule has 0 saturated heterocycles. The third-order valence-electron chi connectivity index (χ3n) is 3.65. The Hall–Kier alpha value is -0.340. The third kappa shape index (κ3) is 3.56. The maximum Gasteiger partial charge on any atom is 0.0213 e. The summed E-state index contributed by atoms with van der Waals surface area (Å²) >= 11 is 3.69. The number of nitrogens with one attached hydrogen (secondary N) is 1. The van der Waals surface area contributed by atoms with Crippen LogP contribution in [-0.2, 0) is 5.41 Å². The molecule has 0 unspecified atom stereocenters. The van der Waals surface area contributed by atoms with E-state index in [1.54, 1.807) is 0 Å². The fourth-order valence-corrected chi connectivity index (χ4v) is 2.97. The summed E-state index contributed by atoms with van der Waals surface area (Å²) in [5.41, 5.74) is 1.67. The van der Waals surface area contributed by atoms with Gasteiger partial charge in [-0.15, -0.1) is 0 Å². The van der Waals surface area contributed by atoms with Crippen LogP contribution >= 0.6 is 15.9 Å². The van der Waals surface area contributed by atoms with Crippen molar-refractivity contribution in [3.8, 4) is 0 Å². The van der Waals surface area contributed by atoms with E-state index in [2.05, 4.69) is 73.2 Å². The minimum absolute atomic E-state index is 0.240. The molecule has 0 bridgehead atoms. The van der Waals surface area contributed by atoms with E-state index in [-0.39, 0.29) is 5.41 Å². The molecule has 0 heterocycles. The van der Waals surface area contributed by atoms with Gasteiger partial charge in [-0.1, -0.05) is 61.8 Å². The lowest BCUT2D eigenvalue weighted by Crippen LogP contribution is -2.40. The molecule has 0 spiro atoms. The molecule has 0 amide bonds. The monoisotopic (exact) mass is 297 g/mol. The quantitative estimate of drug-likeness (QED) is 0.815. The van der Waals surface area contributed by atoms with E-state index >= 15 is 0 Å². The first kappa shape index (κ1) is 14.7. The van der Waals surface area contributed by atoms with Gasteiger partial charge in [-0.25, -0.2) is 0 Å². The molecule has 0 saturated carbocycles. The zero-order valence-electron chi connectivity index (χ0n) is 11.4. The molecule has 0 fully saturated rings. The van der Waals surface area contributed by atoms with Crippen molar-refractivity contribution in [1.29, 1.82) is 0 Å². The van der Waals surface area contributed by atoms with Crippen LogP contribution < -0.4 is 5.32 Å². The molecule has 0 atom stereocenters. The molecule has 1 aromatic rings. The summed E-state index contributed by atoms with van der Waals surface area (Å²) in [6.07, 6.45) is 2.32. The summed E-state index contributed by atoms with van der Waals surface area (Å²) in [5.74, 6) is 0. The van der Waals surface area contributed by atoms with Crippen molar-refractivity contribution in [2.75, 3.05) is 6.54 Å². The molecule has 0 radical (unpaired) electrons. The van der Waals surface area contributed by atoms with Crippen LogP contribution in [0.2, 0.25) is 0 Å². The largest absolute Gasteiger partial charge is 0.314 e. The number of benzene rings is 1. The van der Waals surface area contributed by atoms with E-state index in [1.165, 1.54) is 10.0 Å². The Morgan fingerprint density at radius 3 is 2.24 bits per heavy atom. The molecule has 0 aromatic heterocycles. The van der Waals surface area contributed by atoms with E-state index < -0.39 is 0 Å². The standard InChI is InChI=1S/C15H24BrN/c1-5-15(6-2,11-17-12(3)4)13-9-7-8-10-14(13)16/h7-10,12,17H,5-6,11H2,1-4H3. The van der Waals surface area contributed by atoms with Crippen molar-refractivity contribution < 1.29 is 0 Å². The third-order valence-corrected chi connectivity index (χ3v) is 4.34. The summed E-state index contributed by atoms with van der Waals surface area (Å²) in [5, 5.41) is 3.59. The molecular weight excluding hydrogens is 274 g/mol. The second kappa shape index (κ2) is 6.55. The average molecular weight is 298 g/mol. The molecule has 96 valence electrons. The zero-order chi connectivity index (χ0) is 12.9. The first-order valence-corrected chi connectivity index (χ1v) is 7.33. The van der Waals surface area contributed by atoms with E-state index in [1.807, 2.05) is 0 Å². The van der Waals surface area contributed by atoms with E-state index in [0.29, 0.717) is 6.04 Å². The molecule has 0 aliphatic carbocycles. The number of rotatable bonds is 6. The van der Waals surface area contributed by atoms with Crippen molar-refractivity contribution in [1.82, 2.24) is 5.32 Å². The normalized spacial score (nSPS) is 12.1. The van der Waals surface area contributed by atoms with Gasteiger partial charge in [0.25, 0.3) is 0 Å². The highest BCUT2D eigenvalue weighted by Crippen LogP contribution is 2.35. The van der Waals surface area contributed by atoms with Crippen molar-refractivity contribution in [3.63, 3.8) is 0 Å². The fourth-order valence-electron chi connectivity index (χ4n) is 2.27. The van der Waals surface area contributed by atoms with E-state index in [4.69, 9.17) is 0 Å². The summed E-state index contributed by atoms with van der Waals surface area (Å²) in [6.45, 7) is 10.0. The Labute approximate surface area is 114 Å². The maximum atomic E-state index is 3.69. The molecular formula is C15H24BrN. The van der Waals surface area contributed by atoms with Crippen molar-refractivity contribution >= 4 is 15.9 Å². The maximum absolute atomic E-state index is 3.69. The molecule has 1 nitrogen and oxygen atoms in total. The van der Waals surface area contributed by atoms with Gasteiger partial charge in [0.2, 0.25) is 0 Å². The van der Waals surface area contributed by atoms with E-state index in [9.17, 15) is 0 Å². The second-order valence-corrected chi connectivity index (χ2v) is 5.86. The van der Waals surface area contributed by atoms with Crippen LogP contribution in [-0.4, -0.2) is 12.6 Å². The van der Waals surface area contributed by atoms with Crippen molar-refractivity contribution in [2.24, 2.45) is 0 Å². The molecule has 0 aliphatic rings. The topological polar surface area (TPSA) is 12.0 Å². The second-order valence-electron chi connectivity index (χ2n) is 5.00. The van der Waals surface area contributed by atoms with Crippen LogP contribution in [0.1, 0.15) is 46.1 Å². The molecule has 1 rings (SSSR count). The average Bonchev–Trinajstić information content (AvgIpc) is 2.32. The van der Waals surface area contributed by atoms with Gasteiger partial charge in [0.1, 0.15) is 0 Å². The first-order chi connectivity index (χ1) is 8.05. The lowest BCUT2D eigenvalue weighted by molar-refractivity contribution is 0.353. The van der Waals surface area contributed by atoms with Crippen LogP contribution in [0.3, 0.4) is 0 Å². The summed E-state index contributed by atoms with van der Waals surface area (Å²) in [6, 6.07) is 9.15. The molecule has 1 aromatic carbocycles. The lowest BCUT2D eigenvalue weighted by atomic mass is 9.75. The summed E-state index contributed by atoms with van der Waals surface area (Å²) < 4.78 is 1.23. The molecule has 0 aliphatic heterocycles. The summed E-state index contributed by atoms with van der Waals surface area (Å²) in [7, 11) is 0. The highest BCUT2D eigenvalue weighted by Gasteiger charge is 2.29. The predicted molar refractivity (Wildman–Crippen MR) is 79.5 cm³/mol. The SMILES string of the molecule is CCC(CC)(CNC(C)C)c1ccccc1Br. The Balaban J connectivity index is 3.02. The van der Waals surface area contributed by atoms with Gasteiger partial charge in [-0.2, -0.15) is 0 Å². The Morgan fingerprint density at radius 2 is 1.76 bits per heavy atom. The first-order valence-electron chi connectivity index (χ1n) is 6.54. The highest BCUT2D eigenvalue weighted by atomic mass is 79.9. The van der Waals surface area contributed by atoms with Crippen LogP contribution in [0.25, 0.3) is 0 Å². The number of halogens is 1. The fraction of sp³-hybridized carbons (Fsp3) is 0.600. The van der Waals surface area contributed by atoms with E-state index in [0.717, 1.165) is 19.4 Å². The van der Waals surface area contributed by atoms with Gasteiger partial charge in [-0.05, 0) is 24.5 Å². The van der Waals surface area contributed by atoms with Crippen LogP contribution in [0.15, 0.2) is 28.7 Å². The lowest BCUT2D eigenvalue weighted by Gasteiger charge is -2.34. The highest BCUT2D eigenvalue weighted by molar-refractivity contribution is 9.10. The molecule has 1 N–H and O–H groups in total. The number of hydrogen-bond acceptors (Lipinski definition) is 1. The van der Waals surface area contributed by atoms with Gasteiger partial charge in [0.05, 0.1) is 0 Å². The Morgan fingerprint density at radius 1 is 1.18 bits per heavy atom. The van der Waals surface area contributed by atoms with Gasteiger partial charge in [-0.3, -0.25) is 0 Å². The van der Waals surface area contributed by atoms with Crippen molar-refractivity contribution in [3.05, 3.63) is 34.3 Å².